The van der Waals surface area contributed by atoms with Crippen LogP contribution < -0.4 is 16.0 Å². The molecule has 1 aliphatic heterocycles. The first kappa shape index (κ1) is 60.7. The van der Waals surface area contributed by atoms with E-state index >= 15 is 0 Å². The number of fused-ring (bicyclic) bond motifs is 6. The highest BCUT2D eigenvalue weighted by Crippen LogP contribution is 2.40. The van der Waals surface area contributed by atoms with Crippen LogP contribution in [-0.2, 0) is 14.3 Å². The van der Waals surface area contributed by atoms with Crippen molar-refractivity contribution in [3.8, 4) is 22.3 Å². The lowest BCUT2D eigenvalue weighted by atomic mass is 9.95. The van der Waals surface area contributed by atoms with Crippen LogP contribution in [-0.4, -0.2) is 121 Å². The van der Waals surface area contributed by atoms with Crippen LogP contribution in [0.4, 0.5) is 33.6 Å². The number of benzene rings is 2. The average Bonchev–Trinajstić information content (AvgIpc) is 1.84. The van der Waals surface area contributed by atoms with Gasteiger partial charge in [0.2, 0.25) is 0 Å². The van der Waals surface area contributed by atoms with Gasteiger partial charge in [0, 0.05) is 99.3 Å². The Morgan fingerprint density at radius 3 is 1.62 bits per heavy atom. The minimum Gasteiger partial charge on any atom is -0.475 e. The molecule has 2 aliphatic rings. The third-order valence-corrected chi connectivity index (χ3v) is 19.2. The number of alkyl halides is 3. The van der Waals surface area contributed by atoms with Crippen molar-refractivity contribution in [2.24, 2.45) is 0 Å². The van der Waals surface area contributed by atoms with E-state index in [1.165, 1.54) is 49.1 Å². The molecule has 0 unspecified atom stereocenters. The third kappa shape index (κ3) is 13.7. The number of ether oxygens (including phenoxy) is 2. The molecule has 10 aromatic rings. The molecule has 1 aliphatic carbocycles. The molecule has 1 saturated carbocycles. The molecule has 8 aromatic heterocycles. The van der Waals surface area contributed by atoms with Gasteiger partial charge in [-0.3, -0.25) is 9.97 Å². The van der Waals surface area contributed by atoms with Gasteiger partial charge in [-0.15, -0.1) is 0 Å². The second kappa shape index (κ2) is 24.9. The molecule has 0 amide bonds. The fraction of sp³-hybridized carbons (Fsp3) is 0.426. The van der Waals surface area contributed by atoms with Gasteiger partial charge in [-0.05, 0) is 124 Å². The minimum atomic E-state index is -5.08. The van der Waals surface area contributed by atoms with Crippen molar-refractivity contribution in [2.45, 2.75) is 128 Å². The Kier molecular flexibility index (Phi) is 17.8. The summed E-state index contributed by atoms with van der Waals surface area (Å²) >= 11 is 0. The number of piperidine rings is 1. The maximum absolute atomic E-state index is 14.2. The molecule has 0 atom stereocenters. The summed E-state index contributed by atoms with van der Waals surface area (Å²) in [5.41, 5.74) is 17.0. The van der Waals surface area contributed by atoms with Crippen molar-refractivity contribution in [1.82, 2.24) is 53.6 Å². The third-order valence-electron chi connectivity index (χ3n) is 15.8. The lowest BCUT2D eigenvalue weighted by Gasteiger charge is -2.28. The summed E-state index contributed by atoms with van der Waals surface area (Å²) in [5, 5.41) is 23.5. The molecule has 450 valence electrons. The molecule has 1 saturated heterocycles. The molecule has 12 rings (SSSR count). The van der Waals surface area contributed by atoms with Gasteiger partial charge >= 0.3 is 12.1 Å². The van der Waals surface area contributed by atoms with Crippen molar-refractivity contribution >= 4 is 88.9 Å². The Hall–Kier alpha value is -7.39. The molecule has 0 radical (unpaired) electrons. The SMILES string of the molecule is Cc1cn(C2CCCCC2)c2nc3c(-c4cnc5ccc(F)cc5c4)cnn3c(N(COCC[Si](C)(C)C)COCC[Si](C)(C)C)c12.Cc1cn(C2CCNCC2)c2nc3c(-c4cnc5ccc(F)cc5c4)cnn3c(N)c12.O=C(O)C(F)(F)F. The second-order valence-electron chi connectivity index (χ2n) is 24.8. The smallest absolute Gasteiger partial charge is 0.475 e. The highest BCUT2D eigenvalue weighted by molar-refractivity contribution is 6.76. The van der Waals surface area contributed by atoms with E-state index < -0.39 is 28.3 Å². The fourth-order valence-corrected chi connectivity index (χ4v) is 12.7. The van der Waals surface area contributed by atoms with Crippen molar-refractivity contribution in [2.75, 3.05) is 50.4 Å². The van der Waals surface area contributed by atoms with Crippen LogP contribution in [0.25, 0.3) is 77.4 Å². The standard InChI is InChI=1S/C36H51FN6O2Si2.C23H22FN7.C2HF3O2/c1-26-23-42(30-11-9-8-10-12-30)35-33(26)36(41(24-44-15-17-46(2,3)4)25-45-16-18-47(5,6)7)43-34(40-35)31(22-39-43)28-19-27-20-29(37)13-14-32(27)38-21-28;1-13-12-30(17-4-6-26-7-5-17)23-20(13)21(25)31-22(29-23)18(11-28-31)15-8-14-9-16(24)2-3-19(14)27-10-15;3-2(4,5)1(6)7/h13-14,19-23,30H,8-12,15-18,24-25H2,1-7H3;2-3,8-12,17,26H,4-7,25H2,1H3;(H,6,7). The second-order valence-corrected chi connectivity index (χ2v) is 36.0. The predicted molar refractivity (Wildman–Crippen MR) is 330 cm³/mol. The van der Waals surface area contributed by atoms with Gasteiger partial charge in [-0.2, -0.15) is 32.4 Å². The number of aryl methyl sites for hydroxylation is 2. The summed E-state index contributed by atoms with van der Waals surface area (Å²) < 4.78 is 80.8. The number of halogens is 5. The number of nitrogens with two attached hydrogens (primary N) is 1. The predicted octanol–water partition coefficient (Wildman–Crippen LogP) is 13.8. The van der Waals surface area contributed by atoms with E-state index in [9.17, 15) is 22.0 Å². The van der Waals surface area contributed by atoms with Crippen LogP contribution in [0.2, 0.25) is 51.4 Å². The number of aliphatic carboxylic acids is 1. The molecule has 0 spiro atoms. The van der Waals surface area contributed by atoms with Crippen LogP contribution in [0.1, 0.15) is 68.2 Å². The van der Waals surface area contributed by atoms with Gasteiger partial charge in [0.05, 0.1) is 34.2 Å². The number of carboxylic acids is 1. The zero-order valence-corrected chi connectivity index (χ0v) is 51.4. The molecule has 4 N–H and O–H groups in total. The van der Waals surface area contributed by atoms with E-state index in [4.69, 9.17) is 40.2 Å². The summed E-state index contributed by atoms with van der Waals surface area (Å²) in [4.78, 5) is 30.6. The maximum atomic E-state index is 14.2. The molecule has 17 nitrogen and oxygen atoms in total. The molecule has 85 heavy (non-hydrogen) atoms. The summed E-state index contributed by atoms with van der Waals surface area (Å²) in [5.74, 6) is -1.81. The van der Waals surface area contributed by atoms with Crippen LogP contribution in [0.15, 0.2) is 85.7 Å². The van der Waals surface area contributed by atoms with Crippen molar-refractivity contribution in [3.05, 3.63) is 108 Å². The number of anilines is 2. The maximum Gasteiger partial charge on any atom is 0.490 e. The number of carbonyl (C=O) groups is 1. The molecule has 2 aromatic carbocycles. The van der Waals surface area contributed by atoms with Gasteiger partial charge in [0.1, 0.15) is 48.0 Å². The largest absolute Gasteiger partial charge is 0.490 e. The number of carboxylic acid groups (broad SMARTS) is 1. The number of nitrogen functional groups attached to an aromatic ring is 1. The van der Waals surface area contributed by atoms with Crippen LogP contribution in [0.3, 0.4) is 0 Å². The quantitative estimate of drug-likeness (QED) is 0.0380. The van der Waals surface area contributed by atoms with Gasteiger partial charge < -0.3 is 39.7 Å². The Balaban J connectivity index is 0.000000180. The number of pyridine rings is 2. The first-order valence-corrected chi connectivity index (χ1v) is 36.4. The number of nitrogens with one attached hydrogen (secondary N) is 1. The number of aromatic nitrogens is 10. The van der Waals surface area contributed by atoms with Crippen molar-refractivity contribution < 1.29 is 41.3 Å². The topological polar surface area (TPSA) is 193 Å². The summed E-state index contributed by atoms with van der Waals surface area (Å²) in [6, 6.07) is 16.2. The molecule has 9 heterocycles. The Labute approximate surface area is 491 Å². The monoisotopic (exact) mass is 1200 g/mol. The first-order valence-electron chi connectivity index (χ1n) is 29.0. The number of hydrogen-bond acceptors (Lipinski definition) is 12. The van der Waals surface area contributed by atoms with Gasteiger partial charge in [0.25, 0.3) is 0 Å². The summed E-state index contributed by atoms with van der Waals surface area (Å²) in [6.45, 7) is 22.7. The highest BCUT2D eigenvalue weighted by Gasteiger charge is 2.38. The van der Waals surface area contributed by atoms with Gasteiger partial charge in [-0.1, -0.05) is 58.5 Å². The van der Waals surface area contributed by atoms with Crippen molar-refractivity contribution in [1.29, 1.82) is 0 Å². The summed E-state index contributed by atoms with van der Waals surface area (Å²) in [6.07, 6.45) is 14.8. The fourth-order valence-electron chi connectivity index (χ4n) is 11.2. The van der Waals surface area contributed by atoms with Crippen LogP contribution in [0, 0.1) is 25.5 Å². The van der Waals surface area contributed by atoms with Crippen LogP contribution in [0.5, 0.6) is 0 Å². The number of rotatable bonds is 15. The number of hydrogen-bond donors (Lipinski definition) is 3. The zero-order chi connectivity index (χ0) is 60.5. The molecule has 2 fully saturated rings. The van der Waals surface area contributed by atoms with E-state index in [0.717, 1.165) is 134 Å². The van der Waals surface area contributed by atoms with E-state index in [1.54, 1.807) is 29.0 Å². The molecular weight excluding hydrogens is 1130 g/mol. The summed E-state index contributed by atoms with van der Waals surface area (Å²) in [7, 11) is -2.52. The molecule has 0 bridgehead atoms. The lowest BCUT2D eigenvalue weighted by Crippen LogP contribution is -2.33. The van der Waals surface area contributed by atoms with Gasteiger partial charge in [0.15, 0.2) is 11.3 Å². The van der Waals surface area contributed by atoms with E-state index in [2.05, 4.69) is 99.9 Å². The zero-order valence-electron chi connectivity index (χ0n) is 49.4. The van der Waals surface area contributed by atoms with E-state index in [-0.39, 0.29) is 11.6 Å². The molecular formula is C61H74F5N13O4Si2. The normalized spacial score (nSPS) is 14.8. The first-order chi connectivity index (χ1) is 40.4. The number of nitrogens with zero attached hydrogens (tertiary/aromatic N) is 11. The van der Waals surface area contributed by atoms with Crippen LogP contribution >= 0.6 is 0 Å². The van der Waals surface area contributed by atoms with E-state index in [1.807, 2.05) is 29.0 Å². The van der Waals surface area contributed by atoms with E-state index in [0.29, 0.717) is 50.2 Å². The van der Waals surface area contributed by atoms with Crippen molar-refractivity contribution in [3.63, 3.8) is 0 Å². The highest BCUT2D eigenvalue weighted by atomic mass is 28.3. The lowest BCUT2D eigenvalue weighted by molar-refractivity contribution is -0.192. The average molecular weight is 1200 g/mol. The Morgan fingerprint density at radius 1 is 0.671 bits per heavy atom. The molecule has 24 heteroatoms. The van der Waals surface area contributed by atoms with Gasteiger partial charge in [-0.25, -0.2) is 23.5 Å². The minimum absolute atomic E-state index is 0.280. The Bertz CT molecular complexity index is 4020. The Morgan fingerprint density at radius 2 is 1.13 bits per heavy atom.